The second-order valence-corrected chi connectivity index (χ2v) is 8.64. The predicted molar refractivity (Wildman–Crippen MR) is 121 cm³/mol. The van der Waals surface area contributed by atoms with E-state index in [9.17, 15) is 9.90 Å². The molecule has 28 heavy (non-hydrogen) atoms. The van der Waals surface area contributed by atoms with Gasteiger partial charge in [0, 0.05) is 6.42 Å². The quantitative estimate of drug-likeness (QED) is 0.160. The second-order valence-electron chi connectivity index (χ2n) is 8.64. The fourth-order valence-electron chi connectivity index (χ4n) is 3.74. The summed E-state index contributed by atoms with van der Waals surface area (Å²) in [5.74, 6) is 0.491. The van der Waals surface area contributed by atoms with E-state index in [0.29, 0.717) is 18.9 Å². The molecule has 0 spiro atoms. The number of aliphatic hydroxyl groups is 1. The van der Waals surface area contributed by atoms with E-state index in [1.807, 2.05) is 0 Å². The molecular formula is C25H50O3. The molecule has 0 aromatic carbocycles. The molecule has 0 rings (SSSR count). The van der Waals surface area contributed by atoms with E-state index in [1.165, 1.54) is 77.0 Å². The summed E-state index contributed by atoms with van der Waals surface area (Å²) in [5, 5.41) is 9.94. The molecule has 0 fully saturated rings. The average molecular weight is 399 g/mol. The Balaban J connectivity index is 3.90. The Morgan fingerprint density at radius 3 is 1.68 bits per heavy atom. The summed E-state index contributed by atoms with van der Waals surface area (Å²) in [7, 11) is 0. The number of rotatable bonds is 21. The van der Waals surface area contributed by atoms with Gasteiger partial charge in [-0.3, -0.25) is 4.79 Å². The second kappa shape index (κ2) is 21.1. The van der Waals surface area contributed by atoms with Crippen molar-refractivity contribution in [3.63, 3.8) is 0 Å². The van der Waals surface area contributed by atoms with Gasteiger partial charge >= 0.3 is 5.97 Å². The zero-order valence-corrected chi connectivity index (χ0v) is 19.4. The smallest absolute Gasteiger partial charge is 0.305 e. The zero-order chi connectivity index (χ0) is 20.9. The van der Waals surface area contributed by atoms with Crippen LogP contribution in [-0.2, 0) is 9.53 Å². The third-order valence-corrected chi connectivity index (χ3v) is 5.72. The first-order valence-corrected chi connectivity index (χ1v) is 12.5. The molecule has 0 radical (unpaired) electrons. The molecule has 0 aromatic rings. The van der Waals surface area contributed by atoms with E-state index in [1.54, 1.807) is 0 Å². The van der Waals surface area contributed by atoms with Crippen molar-refractivity contribution in [1.29, 1.82) is 0 Å². The van der Waals surface area contributed by atoms with Gasteiger partial charge in [-0.15, -0.1) is 0 Å². The first kappa shape index (κ1) is 27.4. The highest BCUT2D eigenvalue weighted by atomic mass is 16.5. The summed E-state index contributed by atoms with van der Waals surface area (Å²) in [5.41, 5.74) is 0. The Kier molecular flexibility index (Phi) is 20.7. The van der Waals surface area contributed by atoms with Crippen molar-refractivity contribution in [3.8, 4) is 0 Å². The number of unbranched alkanes of at least 4 members (excludes halogenated alkanes) is 9. The third-order valence-electron chi connectivity index (χ3n) is 5.72. The maximum Gasteiger partial charge on any atom is 0.305 e. The molecule has 1 unspecified atom stereocenters. The van der Waals surface area contributed by atoms with E-state index < -0.39 is 0 Å². The van der Waals surface area contributed by atoms with Crippen LogP contribution in [0.15, 0.2) is 0 Å². The van der Waals surface area contributed by atoms with Gasteiger partial charge in [0.2, 0.25) is 0 Å². The Hall–Kier alpha value is -0.570. The van der Waals surface area contributed by atoms with Gasteiger partial charge in [0.05, 0.1) is 12.7 Å². The minimum atomic E-state index is -0.196. The summed E-state index contributed by atoms with van der Waals surface area (Å²) in [6.07, 6.45) is 19.9. The van der Waals surface area contributed by atoms with Crippen molar-refractivity contribution in [3.05, 3.63) is 0 Å². The molecule has 0 saturated heterocycles. The van der Waals surface area contributed by atoms with Crippen LogP contribution in [0.5, 0.6) is 0 Å². The molecule has 1 N–H and O–H groups in total. The first-order valence-electron chi connectivity index (χ1n) is 12.5. The van der Waals surface area contributed by atoms with Crippen LogP contribution in [-0.4, -0.2) is 23.8 Å². The molecule has 0 aromatic heterocycles. The number of carbonyl (C=O) groups excluding carboxylic acids is 1. The Labute approximate surface area is 176 Å². The fraction of sp³-hybridized carbons (Fsp3) is 0.960. The topological polar surface area (TPSA) is 46.5 Å². The zero-order valence-electron chi connectivity index (χ0n) is 19.4. The lowest BCUT2D eigenvalue weighted by Gasteiger charge is -2.17. The lowest BCUT2D eigenvalue weighted by molar-refractivity contribution is -0.145. The van der Waals surface area contributed by atoms with Gasteiger partial charge in [0.25, 0.3) is 0 Å². The first-order chi connectivity index (χ1) is 13.6. The van der Waals surface area contributed by atoms with Gasteiger partial charge in [0.1, 0.15) is 0 Å². The van der Waals surface area contributed by atoms with Gasteiger partial charge in [-0.05, 0) is 38.0 Å². The van der Waals surface area contributed by atoms with Crippen molar-refractivity contribution in [1.82, 2.24) is 0 Å². The SMILES string of the molecule is CCCCCCC(CCCCCC)COC(=O)CCCCC(O)CCCCC. The highest BCUT2D eigenvalue weighted by molar-refractivity contribution is 5.69. The summed E-state index contributed by atoms with van der Waals surface area (Å²) < 4.78 is 5.60. The van der Waals surface area contributed by atoms with Crippen LogP contribution in [0.3, 0.4) is 0 Å². The molecule has 3 heteroatoms. The molecule has 0 aliphatic rings. The monoisotopic (exact) mass is 398 g/mol. The third kappa shape index (κ3) is 18.8. The van der Waals surface area contributed by atoms with Crippen LogP contribution in [0.25, 0.3) is 0 Å². The van der Waals surface area contributed by atoms with Crippen molar-refractivity contribution < 1.29 is 14.6 Å². The van der Waals surface area contributed by atoms with Gasteiger partial charge in [-0.2, -0.15) is 0 Å². The highest BCUT2D eigenvalue weighted by Crippen LogP contribution is 2.19. The van der Waals surface area contributed by atoms with Crippen molar-refractivity contribution in [2.75, 3.05) is 6.61 Å². The van der Waals surface area contributed by atoms with Crippen molar-refractivity contribution in [2.45, 2.75) is 142 Å². The lowest BCUT2D eigenvalue weighted by Crippen LogP contribution is -2.15. The molecule has 0 aliphatic carbocycles. The van der Waals surface area contributed by atoms with Crippen LogP contribution in [0.1, 0.15) is 136 Å². The summed E-state index contributed by atoms with van der Waals surface area (Å²) >= 11 is 0. The van der Waals surface area contributed by atoms with Crippen molar-refractivity contribution in [2.24, 2.45) is 5.92 Å². The summed E-state index contributed by atoms with van der Waals surface area (Å²) in [6, 6.07) is 0. The highest BCUT2D eigenvalue weighted by Gasteiger charge is 2.12. The number of hydrogen-bond acceptors (Lipinski definition) is 3. The van der Waals surface area contributed by atoms with Crippen LogP contribution < -0.4 is 0 Å². The summed E-state index contributed by atoms with van der Waals surface area (Å²) in [6.45, 7) is 7.28. The Morgan fingerprint density at radius 2 is 1.14 bits per heavy atom. The number of hydrogen-bond donors (Lipinski definition) is 1. The van der Waals surface area contributed by atoms with E-state index in [0.717, 1.165) is 32.1 Å². The number of aliphatic hydroxyl groups excluding tert-OH is 1. The van der Waals surface area contributed by atoms with Gasteiger partial charge in [-0.25, -0.2) is 0 Å². The van der Waals surface area contributed by atoms with Crippen LogP contribution in [0.2, 0.25) is 0 Å². The molecular weight excluding hydrogens is 348 g/mol. The molecule has 0 aliphatic heterocycles. The molecule has 0 bridgehead atoms. The Morgan fingerprint density at radius 1 is 0.679 bits per heavy atom. The predicted octanol–water partition coefficient (Wildman–Crippen LogP) is 7.59. The van der Waals surface area contributed by atoms with Crippen molar-refractivity contribution >= 4 is 5.97 Å². The average Bonchev–Trinajstić information content (AvgIpc) is 2.69. The Bertz CT molecular complexity index is 318. The molecule has 168 valence electrons. The summed E-state index contributed by atoms with van der Waals surface area (Å²) in [4.78, 5) is 12.1. The number of ether oxygens (including phenoxy) is 1. The normalized spacial score (nSPS) is 12.5. The fourth-order valence-corrected chi connectivity index (χ4v) is 3.74. The number of esters is 1. The largest absolute Gasteiger partial charge is 0.465 e. The minimum Gasteiger partial charge on any atom is -0.465 e. The van der Waals surface area contributed by atoms with Gasteiger partial charge < -0.3 is 9.84 Å². The van der Waals surface area contributed by atoms with E-state index in [4.69, 9.17) is 4.74 Å². The molecule has 3 nitrogen and oxygen atoms in total. The van der Waals surface area contributed by atoms with Gasteiger partial charge in [0.15, 0.2) is 0 Å². The molecule has 0 amide bonds. The van der Waals surface area contributed by atoms with E-state index >= 15 is 0 Å². The van der Waals surface area contributed by atoms with E-state index in [2.05, 4.69) is 20.8 Å². The van der Waals surface area contributed by atoms with Crippen LogP contribution in [0, 0.1) is 5.92 Å². The maximum atomic E-state index is 12.1. The molecule has 0 heterocycles. The van der Waals surface area contributed by atoms with Gasteiger partial charge in [-0.1, -0.05) is 97.8 Å². The van der Waals surface area contributed by atoms with Crippen LogP contribution >= 0.6 is 0 Å². The van der Waals surface area contributed by atoms with E-state index in [-0.39, 0.29) is 12.1 Å². The number of carbonyl (C=O) groups is 1. The minimum absolute atomic E-state index is 0.0485. The van der Waals surface area contributed by atoms with Crippen LogP contribution in [0.4, 0.5) is 0 Å². The molecule has 0 saturated carbocycles. The standard InChI is InChI=1S/C25H50O3/c1-4-7-10-13-17-23(18-14-11-8-5-2)22-28-25(27)21-16-15-20-24(26)19-12-9-6-3/h23-24,26H,4-22H2,1-3H3. The lowest BCUT2D eigenvalue weighted by atomic mass is 9.95. The molecule has 1 atom stereocenters. The maximum absolute atomic E-state index is 12.1.